The highest BCUT2D eigenvalue weighted by atomic mass is 16.5. The van der Waals surface area contributed by atoms with Gasteiger partial charge in [-0.15, -0.1) is 0 Å². The highest BCUT2D eigenvalue weighted by Gasteiger charge is 2.46. The van der Waals surface area contributed by atoms with E-state index in [1.54, 1.807) is 21.3 Å². The van der Waals surface area contributed by atoms with Gasteiger partial charge >= 0.3 is 0 Å². The summed E-state index contributed by atoms with van der Waals surface area (Å²) in [6, 6.07) is 2.81. The molecule has 0 N–H and O–H groups in total. The quantitative estimate of drug-likeness (QED) is 0.363. The number of rotatable bonds is 13. The van der Waals surface area contributed by atoms with E-state index in [0.717, 1.165) is 58.0 Å². The minimum Gasteiger partial charge on any atom is -0.379 e. The smallest absolute Gasteiger partial charge is 0.0835 e. The minimum absolute atomic E-state index is 0.0870. The summed E-state index contributed by atoms with van der Waals surface area (Å²) in [5, 5.41) is 10.4. The van der Waals surface area contributed by atoms with Gasteiger partial charge in [-0.3, -0.25) is 0 Å². The summed E-state index contributed by atoms with van der Waals surface area (Å²) in [6.45, 7) is 8.93. The molecule has 8 unspecified atom stereocenters. The van der Waals surface area contributed by atoms with Crippen LogP contribution in [0.25, 0.3) is 0 Å². The van der Waals surface area contributed by atoms with Crippen molar-refractivity contribution in [2.75, 3.05) is 48.6 Å². The minimum atomic E-state index is -0.297. The van der Waals surface area contributed by atoms with Crippen LogP contribution in [0.15, 0.2) is 0 Å². The third-order valence-electron chi connectivity index (χ3n) is 9.28. The van der Waals surface area contributed by atoms with Gasteiger partial charge in [0.2, 0.25) is 0 Å². The molecule has 2 saturated carbocycles. The molecule has 0 aromatic rings. The van der Waals surface area contributed by atoms with Gasteiger partial charge in [0.1, 0.15) is 0 Å². The van der Waals surface area contributed by atoms with Gasteiger partial charge in [0, 0.05) is 28.4 Å². The summed E-state index contributed by atoms with van der Waals surface area (Å²) >= 11 is 0. The van der Waals surface area contributed by atoms with Crippen molar-refractivity contribution >= 4 is 0 Å². The molecule has 0 bridgehead atoms. The molecule has 2 fully saturated rings. The van der Waals surface area contributed by atoms with Crippen LogP contribution in [0.1, 0.15) is 72.1 Å². The summed E-state index contributed by atoms with van der Waals surface area (Å²) in [4.78, 5) is 2.46. The number of methoxy groups -OCH3 is 4. The van der Waals surface area contributed by atoms with E-state index in [-0.39, 0.29) is 29.8 Å². The maximum absolute atomic E-state index is 10.4. The zero-order valence-corrected chi connectivity index (χ0v) is 23.2. The Balaban J connectivity index is 1.88. The Hall–Kier alpha value is -0.710. The standard InChI is InChI=1S/C28H52N2O4/c1-20(2)28(19-29,23-10-11-24(31-5)27(18-23)34-8)13-9-14-30(4)15-12-22-17-26(33-7)25(32-6)16-21(22)3/h20-27H,9-18H2,1-8H3. The molecule has 2 rings (SSSR count). The topological polar surface area (TPSA) is 64.0 Å². The van der Waals surface area contributed by atoms with Crippen LogP contribution in [0.3, 0.4) is 0 Å². The van der Waals surface area contributed by atoms with Crippen LogP contribution in [-0.2, 0) is 18.9 Å². The van der Waals surface area contributed by atoms with Gasteiger partial charge in [-0.25, -0.2) is 0 Å². The van der Waals surface area contributed by atoms with Gasteiger partial charge in [-0.2, -0.15) is 5.26 Å². The number of hydrogen-bond donors (Lipinski definition) is 0. The normalized spacial score (nSPS) is 34.2. The van der Waals surface area contributed by atoms with Crippen LogP contribution < -0.4 is 0 Å². The summed E-state index contributed by atoms with van der Waals surface area (Å²) in [7, 11) is 9.38. The Morgan fingerprint density at radius 2 is 1.47 bits per heavy atom. The van der Waals surface area contributed by atoms with Crippen molar-refractivity contribution in [3.05, 3.63) is 0 Å². The maximum atomic E-state index is 10.4. The predicted octanol–water partition coefficient (Wildman–Crippen LogP) is 5.16. The second kappa shape index (κ2) is 14.1. The Bertz CT molecular complexity index is 624. The van der Waals surface area contributed by atoms with E-state index in [2.05, 4.69) is 38.8 Å². The van der Waals surface area contributed by atoms with E-state index in [4.69, 9.17) is 18.9 Å². The average Bonchev–Trinajstić information content (AvgIpc) is 2.85. The fourth-order valence-corrected chi connectivity index (χ4v) is 6.76. The molecular formula is C28H52N2O4. The monoisotopic (exact) mass is 480 g/mol. The SMILES string of the molecule is COC1CCC(C(C#N)(CCCN(C)CCC2CC(OC)C(OC)CC2C)C(C)C)CC1OC. The number of nitrogens with zero attached hydrogens (tertiary/aromatic N) is 2. The molecule has 6 heteroatoms. The van der Waals surface area contributed by atoms with E-state index < -0.39 is 0 Å². The first-order valence-electron chi connectivity index (χ1n) is 13.5. The highest BCUT2D eigenvalue weighted by Crippen LogP contribution is 2.47. The largest absolute Gasteiger partial charge is 0.379 e. The molecule has 0 radical (unpaired) electrons. The Kier molecular flexibility index (Phi) is 12.3. The van der Waals surface area contributed by atoms with Crippen molar-refractivity contribution in [3.8, 4) is 6.07 Å². The molecule has 0 aromatic heterocycles. The zero-order valence-electron chi connectivity index (χ0n) is 23.2. The van der Waals surface area contributed by atoms with Crippen LogP contribution >= 0.6 is 0 Å². The van der Waals surface area contributed by atoms with Crippen LogP contribution in [-0.4, -0.2) is 77.9 Å². The summed E-state index contributed by atoms with van der Waals surface area (Å²) in [5.74, 6) is 2.02. The van der Waals surface area contributed by atoms with Crippen LogP contribution in [0.2, 0.25) is 0 Å². The lowest BCUT2D eigenvalue weighted by Gasteiger charge is -2.44. The molecule has 8 atom stereocenters. The fraction of sp³-hybridized carbons (Fsp3) is 0.964. The second-order valence-electron chi connectivity index (χ2n) is 11.3. The molecule has 198 valence electrons. The molecule has 6 nitrogen and oxygen atoms in total. The van der Waals surface area contributed by atoms with Gasteiger partial charge < -0.3 is 23.8 Å². The zero-order chi connectivity index (χ0) is 25.3. The van der Waals surface area contributed by atoms with Gasteiger partial charge in [0.25, 0.3) is 0 Å². The van der Waals surface area contributed by atoms with Gasteiger partial charge in [0.15, 0.2) is 0 Å². The van der Waals surface area contributed by atoms with Crippen molar-refractivity contribution in [2.24, 2.45) is 29.1 Å². The summed E-state index contributed by atoms with van der Waals surface area (Å²) in [6.07, 6.45) is 8.96. The van der Waals surface area contributed by atoms with E-state index in [1.807, 2.05) is 7.11 Å². The molecule has 0 aromatic carbocycles. The summed E-state index contributed by atoms with van der Waals surface area (Å²) in [5.41, 5.74) is -0.297. The lowest BCUT2D eigenvalue weighted by atomic mass is 9.61. The Morgan fingerprint density at radius 1 is 0.882 bits per heavy atom. The van der Waals surface area contributed by atoms with E-state index >= 15 is 0 Å². The van der Waals surface area contributed by atoms with Crippen molar-refractivity contribution in [2.45, 2.75) is 96.6 Å². The third kappa shape index (κ3) is 7.17. The molecule has 2 aliphatic carbocycles. The van der Waals surface area contributed by atoms with Crippen molar-refractivity contribution < 1.29 is 18.9 Å². The van der Waals surface area contributed by atoms with Gasteiger partial charge in [-0.05, 0) is 95.2 Å². The van der Waals surface area contributed by atoms with E-state index in [0.29, 0.717) is 23.7 Å². The molecule has 0 spiro atoms. The molecule has 2 aliphatic rings. The summed E-state index contributed by atoms with van der Waals surface area (Å²) < 4.78 is 22.8. The average molecular weight is 481 g/mol. The van der Waals surface area contributed by atoms with Crippen LogP contribution in [0, 0.1) is 40.4 Å². The lowest BCUT2D eigenvalue weighted by molar-refractivity contribution is -0.0880. The molecule has 0 aliphatic heterocycles. The molecule has 0 saturated heterocycles. The number of ether oxygens (including phenoxy) is 4. The Morgan fingerprint density at radius 3 is 2.03 bits per heavy atom. The molecule has 0 amide bonds. The lowest BCUT2D eigenvalue weighted by Crippen LogP contribution is -2.44. The van der Waals surface area contributed by atoms with E-state index in [9.17, 15) is 5.26 Å². The number of hydrogen-bond acceptors (Lipinski definition) is 6. The first kappa shape index (κ1) is 29.5. The first-order chi connectivity index (χ1) is 16.3. The van der Waals surface area contributed by atoms with Gasteiger partial charge in [-0.1, -0.05) is 20.8 Å². The molecular weight excluding hydrogens is 428 g/mol. The van der Waals surface area contributed by atoms with Crippen molar-refractivity contribution in [1.29, 1.82) is 5.26 Å². The maximum Gasteiger partial charge on any atom is 0.0835 e. The van der Waals surface area contributed by atoms with Crippen LogP contribution in [0.5, 0.6) is 0 Å². The fourth-order valence-electron chi connectivity index (χ4n) is 6.76. The Labute approximate surface area is 209 Å². The number of nitriles is 1. The van der Waals surface area contributed by atoms with Crippen LogP contribution in [0.4, 0.5) is 0 Å². The second-order valence-corrected chi connectivity index (χ2v) is 11.3. The third-order valence-corrected chi connectivity index (χ3v) is 9.28. The van der Waals surface area contributed by atoms with Crippen molar-refractivity contribution in [3.63, 3.8) is 0 Å². The predicted molar refractivity (Wildman–Crippen MR) is 137 cm³/mol. The molecule has 0 heterocycles. The first-order valence-corrected chi connectivity index (χ1v) is 13.5. The van der Waals surface area contributed by atoms with E-state index in [1.165, 1.54) is 6.42 Å². The van der Waals surface area contributed by atoms with Gasteiger partial charge in [0.05, 0.1) is 35.9 Å². The van der Waals surface area contributed by atoms with Crippen molar-refractivity contribution in [1.82, 2.24) is 4.90 Å². The highest BCUT2D eigenvalue weighted by molar-refractivity contribution is 5.07. The molecule has 34 heavy (non-hydrogen) atoms.